The number of benzene rings is 1. The highest BCUT2D eigenvalue weighted by Crippen LogP contribution is 2.23. The van der Waals surface area contributed by atoms with Crippen molar-refractivity contribution >= 4 is 11.9 Å². The number of hydrogen-bond donors (Lipinski definition) is 1. The molecule has 1 aromatic carbocycles. The molecule has 0 aliphatic heterocycles. The van der Waals surface area contributed by atoms with Crippen LogP contribution < -0.4 is 14.8 Å². The van der Waals surface area contributed by atoms with Crippen LogP contribution in [0.1, 0.15) is 32.3 Å². The molecular weight excluding hydrogens is 298 g/mol. The number of carbonyl (C=O) groups excluding carboxylic acids is 2. The topological polar surface area (TPSA) is 73.9 Å². The third-order valence-electron chi connectivity index (χ3n) is 3.81. The van der Waals surface area contributed by atoms with E-state index in [0.717, 1.165) is 5.56 Å². The zero-order valence-corrected chi connectivity index (χ0v) is 14.4. The molecule has 0 fully saturated rings. The summed E-state index contributed by atoms with van der Waals surface area (Å²) in [7, 11) is 4.47. The summed E-state index contributed by atoms with van der Waals surface area (Å²) in [6.07, 6.45) is 1.22. The lowest BCUT2D eigenvalue weighted by atomic mass is 9.98. The zero-order chi connectivity index (χ0) is 17.5. The lowest BCUT2D eigenvalue weighted by Crippen LogP contribution is -2.52. The van der Waals surface area contributed by atoms with Crippen LogP contribution in [0, 0.1) is 0 Å². The molecule has 0 saturated carbocycles. The summed E-state index contributed by atoms with van der Waals surface area (Å²) < 4.78 is 15.2. The zero-order valence-electron chi connectivity index (χ0n) is 14.4. The van der Waals surface area contributed by atoms with Gasteiger partial charge >= 0.3 is 5.97 Å². The van der Waals surface area contributed by atoms with E-state index in [1.165, 1.54) is 7.11 Å². The number of methoxy groups -OCH3 is 3. The van der Waals surface area contributed by atoms with Crippen molar-refractivity contribution in [2.75, 3.05) is 21.3 Å². The van der Waals surface area contributed by atoms with Crippen LogP contribution in [0.3, 0.4) is 0 Å². The second-order valence-corrected chi connectivity index (χ2v) is 5.45. The van der Waals surface area contributed by atoms with Crippen molar-refractivity contribution in [1.29, 1.82) is 0 Å². The molecule has 6 heteroatoms. The van der Waals surface area contributed by atoms with E-state index < -0.39 is 11.5 Å². The quantitative estimate of drug-likeness (QED) is 0.742. The third kappa shape index (κ3) is 5.16. The predicted octanol–water partition coefficient (Wildman–Crippen LogP) is 2.09. The minimum absolute atomic E-state index is 0.207. The van der Waals surface area contributed by atoms with E-state index in [4.69, 9.17) is 14.2 Å². The summed E-state index contributed by atoms with van der Waals surface area (Å²) in [6, 6.07) is 5.49. The molecule has 0 unspecified atom stereocenters. The van der Waals surface area contributed by atoms with E-state index in [1.54, 1.807) is 27.2 Å². The van der Waals surface area contributed by atoms with Gasteiger partial charge in [-0.1, -0.05) is 6.92 Å². The van der Waals surface area contributed by atoms with Gasteiger partial charge in [0, 0.05) is 12.5 Å². The van der Waals surface area contributed by atoms with Crippen molar-refractivity contribution in [3.05, 3.63) is 23.8 Å². The first kappa shape index (κ1) is 18.8. The van der Waals surface area contributed by atoms with Crippen molar-refractivity contribution in [1.82, 2.24) is 5.32 Å². The molecule has 0 bridgehead atoms. The number of ether oxygens (including phenoxy) is 3. The first-order valence-corrected chi connectivity index (χ1v) is 7.50. The fraction of sp³-hybridized carbons (Fsp3) is 0.529. The smallest absolute Gasteiger partial charge is 0.331 e. The summed E-state index contributed by atoms with van der Waals surface area (Å²) in [5.74, 6) is 0.693. The maximum atomic E-state index is 12.1. The molecule has 0 aromatic heterocycles. The largest absolute Gasteiger partial charge is 0.497 e. The van der Waals surface area contributed by atoms with E-state index in [9.17, 15) is 9.59 Å². The summed E-state index contributed by atoms with van der Waals surface area (Å²) >= 11 is 0. The standard InChI is InChI=1S/C17H25NO5/c1-6-17(2,16(20)23-5)18-15(19)8-7-12-9-13(21-3)11-14(10-12)22-4/h9-11H,6-8H2,1-5H3,(H,18,19)/t17-/m1/s1. The molecule has 0 radical (unpaired) electrons. The van der Waals surface area contributed by atoms with E-state index in [0.29, 0.717) is 24.3 Å². The molecule has 0 heterocycles. The van der Waals surface area contributed by atoms with Crippen LogP contribution in [-0.4, -0.2) is 38.7 Å². The van der Waals surface area contributed by atoms with E-state index in [2.05, 4.69) is 5.32 Å². The molecule has 0 aliphatic rings. The first-order valence-electron chi connectivity index (χ1n) is 7.50. The molecule has 1 atom stereocenters. The maximum Gasteiger partial charge on any atom is 0.331 e. The van der Waals surface area contributed by atoms with Crippen LogP contribution in [0.2, 0.25) is 0 Å². The monoisotopic (exact) mass is 323 g/mol. The number of esters is 1. The number of rotatable bonds is 8. The van der Waals surface area contributed by atoms with Gasteiger partial charge in [0.05, 0.1) is 21.3 Å². The minimum atomic E-state index is -1.00. The molecule has 23 heavy (non-hydrogen) atoms. The van der Waals surface area contributed by atoms with Gasteiger partial charge in [0.25, 0.3) is 0 Å². The van der Waals surface area contributed by atoms with Gasteiger partial charge in [-0.05, 0) is 37.5 Å². The Kier molecular flexibility index (Phi) is 6.88. The Bertz CT molecular complexity index is 536. The van der Waals surface area contributed by atoms with Gasteiger partial charge in [0.1, 0.15) is 17.0 Å². The van der Waals surface area contributed by atoms with Crippen molar-refractivity contribution in [3.63, 3.8) is 0 Å². The number of aryl methyl sites for hydroxylation is 1. The molecule has 1 amide bonds. The lowest BCUT2D eigenvalue weighted by molar-refractivity contribution is -0.150. The van der Waals surface area contributed by atoms with Crippen LogP contribution in [0.25, 0.3) is 0 Å². The Labute approximate surface area is 137 Å². The average Bonchev–Trinajstić information content (AvgIpc) is 2.58. The number of amides is 1. The van der Waals surface area contributed by atoms with E-state index in [-0.39, 0.29) is 12.3 Å². The molecule has 0 saturated heterocycles. The number of nitrogens with one attached hydrogen (secondary N) is 1. The van der Waals surface area contributed by atoms with Gasteiger partial charge in [-0.3, -0.25) is 4.79 Å². The molecule has 6 nitrogen and oxygen atoms in total. The summed E-state index contributed by atoms with van der Waals surface area (Å²) in [5.41, 5.74) is -0.0784. The maximum absolute atomic E-state index is 12.1. The van der Waals surface area contributed by atoms with E-state index in [1.807, 2.05) is 19.1 Å². The minimum Gasteiger partial charge on any atom is -0.497 e. The molecule has 1 N–H and O–H groups in total. The summed E-state index contributed by atoms with van der Waals surface area (Å²) in [5, 5.41) is 2.75. The lowest BCUT2D eigenvalue weighted by Gasteiger charge is -2.26. The SMILES string of the molecule is CC[C@@](C)(NC(=O)CCc1cc(OC)cc(OC)c1)C(=O)OC. The van der Waals surface area contributed by atoms with Crippen molar-refractivity contribution < 1.29 is 23.8 Å². The Morgan fingerprint density at radius 1 is 1.09 bits per heavy atom. The highest BCUT2D eigenvalue weighted by atomic mass is 16.5. The molecular formula is C17H25NO5. The van der Waals surface area contributed by atoms with Crippen LogP contribution in [0.4, 0.5) is 0 Å². The predicted molar refractivity (Wildman–Crippen MR) is 86.7 cm³/mol. The van der Waals surface area contributed by atoms with E-state index >= 15 is 0 Å². The molecule has 0 spiro atoms. The molecule has 1 aromatic rings. The van der Waals surface area contributed by atoms with Gasteiger partial charge in [0.15, 0.2) is 0 Å². The van der Waals surface area contributed by atoms with Crippen LogP contribution >= 0.6 is 0 Å². The van der Waals surface area contributed by atoms with Crippen LogP contribution in [0.15, 0.2) is 18.2 Å². The van der Waals surface area contributed by atoms with Gasteiger partial charge < -0.3 is 19.5 Å². The Morgan fingerprint density at radius 3 is 2.09 bits per heavy atom. The Morgan fingerprint density at radius 2 is 1.65 bits per heavy atom. The Hall–Kier alpha value is -2.24. The second kappa shape index (κ2) is 8.41. The third-order valence-corrected chi connectivity index (χ3v) is 3.81. The van der Waals surface area contributed by atoms with Crippen molar-refractivity contribution in [3.8, 4) is 11.5 Å². The van der Waals surface area contributed by atoms with Gasteiger partial charge in [-0.15, -0.1) is 0 Å². The van der Waals surface area contributed by atoms with Crippen molar-refractivity contribution in [2.45, 2.75) is 38.6 Å². The van der Waals surface area contributed by atoms with Gasteiger partial charge in [-0.25, -0.2) is 4.79 Å². The normalized spacial score (nSPS) is 12.9. The Balaban J connectivity index is 2.71. The van der Waals surface area contributed by atoms with Crippen LogP contribution in [-0.2, 0) is 20.7 Å². The summed E-state index contributed by atoms with van der Waals surface area (Å²) in [6.45, 7) is 3.48. The molecule has 1 rings (SSSR count). The van der Waals surface area contributed by atoms with Gasteiger partial charge in [-0.2, -0.15) is 0 Å². The molecule has 128 valence electrons. The fourth-order valence-electron chi connectivity index (χ4n) is 2.15. The van der Waals surface area contributed by atoms with Gasteiger partial charge in [0.2, 0.25) is 5.91 Å². The number of carbonyl (C=O) groups is 2. The fourth-order valence-corrected chi connectivity index (χ4v) is 2.15. The van der Waals surface area contributed by atoms with Crippen LogP contribution in [0.5, 0.6) is 11.5 Å². The summed E-state index contributed by atoms with van der Waals surface area (Å²) in [4.78, 5) is 23.9. The molecule has 0 aliphatic carbocycles. The number of hydrogen-bond acceptors (Lipinski definition) is 5. The highest BCUT2D eigenvalue weighted by molar-refractivity contribution is 5.87. The average molecular weight is 323 g/mol. The first-order chi connectivity index (χ1) is 10.9. The second-order valence-electron chi connectivity index (χ2n) is 5.45. The van der Waals surface area contributed by atoms with Crippen molar-refractivity contribution in [2.24, 2.45) is 0 Å². The highest BCUT2D eigenvalue weighted by Gasteiger charge is 2.33.